The first-order valence-electron chi connectivity index (χ1n) is 4.62. The predicted octanol–water partition coefficient (Wildman–Crippen LogP) is 1.46. The molecule has 17 heavy (non-hydrogen) atoms. The van der Waals surface area contributed by atoms with Gasteiger partial charge in [-0.1, -0.05) is 11.6 Å². The van der Waals surface area contributed by atoms with Crippen LogP contribution in [0.5, 0.6) is 11.5 Å². The van der Waals surface area contributed by atoms with Crippen molar-refractivity contribution in [1.29, 1.82) is 5.26 Å². The molecule has 0 bridgehead atoms. The number of fused-ring (bicyclic) bond motifs is 1. The number of halogens is 1. The van der Waals surface area contributed by atoms with Gasteiger partial charge < -0.3 is 15.2 Å². The molecule has 0 radical (unpaired) electrons. The third-order valence-corrected chi connectivity index (χ3v) is 2.43. The van der Waals surface area contributed by atoms with Gasteiger partial charge in [0.2, 0.25) is 6.79 Å². The lowest BCUT2D eigenvalue weighted by atomic mass is 10.1. The number of ether oxygens (including phenoxy) is 2. The maximum atomic E-state index is 10.9. The molecule has 86 valence electrons. The molecule has 1 heterocycles. The van der Waals surface area contributed by atoms with Crippen molar-refractivity contribution >= 4 is 23.6 Å². The first-order chi connectivity index (χ1) is 8.11. The van der Waals surface area contributed by atoms with Crippen molar-refractivity contribution in [3.63, 3.8) is 0 Å². The standard InChI is InChI=1S/C11H7ClN2O3/c12-8-2-6(1-7(4-13)11(14)15)3-9-10(8)17-5-16-9/h1-3H,5H2,(H2,14,15)/b7-1+. The summed E-state index contributed by atoms with van der Waals surface area (Å²) in [4.78, 5) is 10.9. The van der Waals surface area contributed by atoms with Crippen LogP contribution in [0.4, 0.5) is 0 Å². The zero-order valence-electron chi connectivity index (χ0n) is 8.57. The Hall–Kier alpha value is -2.19. The summed E-state index contributed by atoms with van der Waals surface area (Å²) < 4.78 is 10.3. The Morgan fingerprint density at radius 1 is 1.53 bits per heavy atom. The van der Waals surface area contributed by atoms with E-state index in [2.05, 4.69) is 0 Å². The number of nitrogens with two attached hydrogens (primary N) is 1. The van der Waals surface area contributed by atoms with Crippen molar-refractivity contribution in [2.45, 2.75) is 0 Å². The Bertz CT molecular complexity index is 561. The van der Waals surface area contributed by atoms with Gasteiger partial charge in [-0.05, 0) is 23.8 Å². The highest BCUT2D eigenvalue weighted by molar-refractivity contribution is 6.32. The first-order valence-corrected chi connectivity index (χ1v) is 5.00. The van der Waals surface area contributed by atoms with E-state index in [1.165, 1.54) is 6.08 Å². The summed E-state index contributed by atoms with van der Waals surface area (Å²) in [6, 6.07) is 4.89. The van der Waals surface area contributed by atoms with E-state index in [9.17, 15) is 4.79 Å². The molecule has 6 heteroatoms. The van der Waals surface area contributed by atoms with E-state index in [0.717, 1.165) is 0 Å². The summed E-state index contributed by atoms with van der Waals surface area (Å²) in [6.45, 7) is 0.100. The monoisotopic (exact) mass is 250 g/mol. The van der Waals surface area contributed by atoms with Crippen LogP contribution in [-0.4, -0.2) is 12.7 Å². The summed E-state index contributed by atoms with van der Waals surface area (Å²) in [5.74, 6) is 0.146. The lowest BCUT2D eigenvalue weighted by Gasteiger charge is -2.01. The number of hydrogen-bond donors (Lipinski definition) is 1. The maximum Gasteiger partial charge on any atom is 0.259 e. The molecule has 1 aliphatic heterocycles. The molecule has 0 aromatic heterocycles. The highest BCUT2D eigenvalue weighted by Gasteiger charge is 2.18. The quantitative estimate of drug-likeness (QED) is 0.636. The number of hydrogen-bond acceptors (Lipinski definition) is 4. The van der Waals surface area contributed by atoms with Crippen LogP contribution in [0.2, 0.25) is 5.02 Å². The summed E-state index contributed by atoms with van der Waals surface area (Å²) >= 11 is 5.95. The molecule has 0 unspecified atom stereocenters. The van der Waals surface area contributed by atoms with E-state index in [4.69, 9.17) is 32.1 Å². The fourth-order valence-electron chi connectivity index (χ4n) is 1.40. The van der Waals surface area contributed by atoms with E-state index < -0.39 is 5.91 Å². The Balaban J connectivity index is 2.45. The Morgan fingerprint density at radius 2 is 2.29 bits per heavy atom. The molecule has 2 N–H and O–H groups in total. The molecule has 0 aliphatic carbocycles. The number of primary amides is 1. The fraction of sp³-hybridized carbons (Fsp3) is 0.0909. The first kappa shape index (κ1) is 11.3. The molecule has 1 aliphatic rings. The van der Waals surface area contributed by atoms with Crippen molar-refractivity contribution in [3.8, 4) is 17.6 Å². The molecule has 1 aromatic rings. The van der Waals surface area contributed by atoms with Crippen LogP contribution < -0.4 is 15.2 Å². The van der Waals surface area contributed by atoms with Crippen LogP contribution >= 0.6 is 11.6 Å². The predicted molar refractivity (Wildman–Crippen MR) is 60.4 cm³/mol. The molecule has 0 saturated carbocycles. The Kier molecular flexibility index (Phi) is 2.90. The fourth-order valence-corrected chi connectivity index (χ4v) is 1.67. The zero-order valence-corrected chi connectivity index (χ0v) is 9.32. The molecule has 0 fully saturated rings. The summed E-state index contributed by atoms with van der Waals surface area (Å²) in [5, 5.41) is 9.07. The van der Waals surface area contributed by atoms with E-state index in [1.807, 2.05) is 0 Å². The van der Waals surface area contributed by atoms with Gasteiger partial charge in [0.05, 0.1) is 5.02 Å². The van der Waals surface area contributed by atoms with Crippen LogP contribution in [-0.2, 0) is 4.79 Å². The van der Waals surface area contributed by atoms with E-state index in [0.29, 0.717) is 22.1 Å². The summed E-state index contributed by atoms with van der Waals surface area (Å²) in [7, 11) is 0. The Labute approximate surface area is 102 Å². The number of carbonyl (C=O) groups excluding carboxylic acids is 1. The number of benzene rings is 1. The Morgan fingerprint density at radius 3 is 2.94 bits per heavy atom. The minimum absolute atomic E-state index is 0.100. The van der Waals surface area contributed by atoms with Crippen molar-refractivity contribution in [1.82, 2.24) is 0 Å². The molecule has 1 amide bonds. The SMILES string of the molecule is N#C/C(=C\c1cc(Cl)c2c(c1)OCO2)C(N)=O. The van der Waals surface area contributed by atoms with Gasteiger partial charge in [0.25, 0.3) is 5.91 Å². The zero-order chi connectivity index (χ0) is 12.4. The van der Waals surface area contributed by atoms with Gasteiger partial charge in [-0.2, -0.15) is 5.26 Å². The number of nitrogens with zero attached hydrogens (tertiary/aromatic N) is 1. The average molecular weight is 251 g/mol. The van der Waals surface area contributed by atoms with Crippen LogP contribution in [0.15, 0.2) is 17.7 Å². The van der Waals surface area contributed by atoms with Gasteiger partial charge in [-0.3, -0.25) is 4.79 Å². The third-order valence-electron chi connectivity index (χ3n) is 2.15. The second-order valence-electron chi connectivity index (χ2n) is 3.27. The highest BCUT2D eigenvalue weighted by atomic mass is 35.5. The molecule has 2 rings (SSSR count). The van der Waals surface area contributed by atoms with Crippen LogP contribution in [0.3, 0.4) is 0 Å². The van der Waals surface area contributed by atoms with E-state index in [-0.39, 0.29) is 12.4 Å². The molecule has 1 aromatic carbocycles. The van der Waals surface area contributed by atoms with Crippen molar-refractivity contribution < 1.29 is 14.3 Å². The molecule has 0 spiro atoms. The minimum atomic E-state index is -0.790. The van der Waals surface area contributed by atoms with Gasteiger partial charge in [0.1, 0.15) is 11.6 Å². The van der Waals surface area contributed by atoms with Gasteiger partial charge in [-0.15, -0.1) is 0 Å². The van der Waals surface area contributed by atoms with Crippen molar-refractivity contribution in [2.24, 2.45) is 5.73 Å². The van der Waals surface area contributed by atoms with Crippen molar-refractivity contribution in [2.75, 3.05) is 6.79 Å². The van der Waals surface area contributed by atoms with Gasteiger partial charge in [0.15, 0.2) is 11.5 Å². The second-order valence-corrected chi connectivity index (χ2v) is 3.68. The summed E-state index contributed by atoms with van der Waals surface area (Å²) in [6.07, 6.45) is 1.34. The lowest BCUT2D eigenvalue weighted by molar-refractivity contribution is -0.114. The van der Waals surface area contributed by atoms with Crippen LogP contribution in [0, 0.1) is 11.3 Å². The number of nitriles is 1. The number of amides is 1. The van der Waals surface area contributed by atoms with Crippen LogP contribution in [0.1, 0.15) is 5.56 Å². The number of rotatable bonds is 2. The van der Waals surface area contributed by atoms with Crippen molar-refractivity contribution in [3.05, 3.63) is 28.3 Å². The lowest BCUT2D eigenvalue weighted by Crippen LogP contribution is -2.12. The van der Waals surface area contributed by atoms with Gasteiger partial charge >= 0.3 is 0 Å². The molecule has 0 saturated heterocycles. The smallest absolute Gasteiger partial charge is 0.259 e. The van der Waals surface area contributed by atoms with Crippen LogP contribution in [0.25, 0.3) is 6.08 Å². The molecular weight excluding hydrogens is 244 g/mol. The normalized spacial score (nSPS) is 13.3. The average Bonchev–Trinajstić information content (AvgIpc) is 2.74. The maximum absolute atomic E-state index is 10.9. The molecule has 0 atom stereocenters. The van der Waals surface area contributed by atoms with E-state index >= 15 is 0 Å². The minimum Gasteiger partial charge on any atom is -0.454 e. The number of carbonyl (C=O) groups is 1. The highest BCUT2D eigenvalue weighted by Crippen LogP contribution is 2.40. The molecule has 5 nitrogen and oxygen atoms in total. The third kappa shape index (κ3) is 2.17. The largest absolute Gasteiger partial charge is 0.454 e. The van der Waals surface area contributed by atoms with E-state index in [1.54, 1.807) is 18.2 Å². The second kappa shape index (κ2) is 4.36. The van der Waals surface area contributed by atoms with Gasteiger partial charge in [0, 0.05) is 0 Å². The topological polar surface area (TPSA) is 85.3 Å². The molecular formula is C11H7ClN2O3. The van der Waals surface area contributed by atoms with Gasteiger partial charge in [-0.25, -0.2) is 0 Å². The summed E-state index contributed by atoms with van der Waals surface area (Å²) in [5.41, 5.74) is 5.42.